The van der Waals surface area contributed by atoms with E-state index in [4.69, 9.17) is 9.47 Å². The van der Waals surface area contributed by atoms with Crippen LogP contribution in [0.5, 0.6) is 0 Å². The number of allylic oxidation sites excluding steroid dienone is 4. The first-order valence-corrected chi connectivity index (χ1v) is 15.5. The maximum Gasteiger partial charge on any atom is 0.305 e. The van der Waals surface area contributed by atoms with Gasteiger partial charge in [-0.25, -0.2) is 0 Å². The smallest absolute Gasteiger partial charge is 0.305 e. The van der Waals surface area contributed by atoms with E-state index >= 15 is 0 Å². The summed E-state index contributed by atoms with van der Waals surface area (Å²) >= 11 is 0. The second-order valence-corrected chi connectivity index (χ2v) is 10.0. The third-order valence-electron chi connectivity index (χ3n) is 6.37. The zero-order valence-corrected chi connectivity index (χ0v) is 24.4. The van der Waals surface area contributed by atoms with Crippen LogP contribution in [0.2, 0.25) is 0 Å². The lowest BCUT2D eigenvalue weighted by Gasteiger charge is -2.08. The van der Waals surface area contributed by atoms with Gasteiger partial charge in [0.05, 0.1) is 0 Å². The highest BCUT2D eigenvalue weighted by molar-refractivity contribution is 5.69. The van der Waals surface area contributed by atoms with E-state index in [2.05, 4.69) is 43.5 Å². The zero-order valence-electron chi connectivity index (χ0n) is 24.4. The van der Waals surface area contributed by atoms with Crippen LogP contribution in [0.1, 0.15) is 142 Å². The molecule has 1 N–H and O–H groups in total. The number of unbranched alkanes of at least 4 members (excludes halogenated alkanes) is 14. The summed E-state index contributed by atoms with van der Waals surface area (Å²) < 4.78 is 10.5. The summed E-state index contributed by atoms with van der Waals surface area (Å²) in [4.78, 5) is 23.6. The number of nitrogens with one attached hydrogen (secondary N) is 1. The molecular weight excluding hydrogens is 462 g/mol. The van der Waals surface area contributed by atoms with Crippen LogP contribution in [0.15, 0.2) is 24.3 Å². The van der Waals surface area contributed by atoms with Crippen molar-refractivity contribution in [3.63, 3.8) is 0 Å². The summed E-state index contributed by atoms with van der Waals surface area (Å²) in [6.45, 7) is 6.35. The molecule has 0 rings (SSSR count). The Kier molecular flexibility index (Phi) is 29.3. The van der Waals surface area contributed by atoms with Crippen LogP contribution in [0.25, 0.3) is 0 Å². The lowest BCUT2D eigenvalue weighted by Crippen LogP contribution is -2.26. The fourth-order valence-corrected chi connectivity index (χ4v) is 3.98. The Morgan fingerprint density at radius 2 is 0.865 bits per heavy atom. The van der Waals surface area contributed by atoms with Crippen molar-refractivity contribution in [2.45, 2.75) is 142 Å². The Hall–Kier alpha value is -1.62. The maximum atomic E-state index is 11.8. The number of carbonyl (C=O) groups excluding carboxylic acids is 2. The summed E-state index contributed by atoms with van der Waals surface area (Å²) in [5, 5.41) is 3.15. The van der Waals surface area contributed by atoms with Crippen LogP contribution >= 0.6 is 0 Å². The predicted octanol–water partition coefficient (Wildman–Crippen LogP) is 8.62. The van der Waals surface area contributed by atoms with Gasteiger partial charge in [-0.05, 0) is 51.4 Å². The van der Waals surface area contributed by atoms with E-state index in [-0.39, 0.29) is 11.9 Å². The van der Waals surface area contributed by atoms with Crippen molar-refractivity contribution in [2.75, 3.05) is 26.3 Å². The van der Waals surface area contributed by atoms with E-state index in [1.165, 1.54) is 89.9 Å². The molecule has 216 valence electrons. The van der Waals surface area contributed by atoms with Gasteiger partial charge < -0.3 is 14.8 Å². The van der Waals surface area contributed by atoms with Gasteiger partial charge in [-0.15, -0.1) is 0 Å². The molecule has 0 fully saturated rings. The quantitative estimate of drug-likeness (QED) is 0.0634. The van der Waals surface area contributed by atoms with Crippen LogP contribution in [0.4, 0.5) is 0 Å². The topological polar surface area (TPSA) is 64.6 Å². The number of hydrogen-bond acceptors (Lipinski definition) is 5. The SMILES string of the molecule is CCCC/C=C\CCCCCCCC(=O)OCCNCCOC(=O)CCCCCCC/C=C\CCCC. The minimum absolute atomic E-state index is 0.115. The van der Waals surface area contributed by atoms with Crippen molar-refractivity contribution in [3.8, 4) is 0 Å². The summed E-state index contributed by atoms with van der Waals surface area (Å²) in [6, 6.07) is 0. The average Bonchev–Trinajstić information content (AvgIpc) is 2.89. The first-order chi connectivity index (χ1) is 18.2. The standard InChI is InChI=1S/C32H59NO4/c1-3-5-7-9-11-13-15-17-19-21-23-25-31(34)36-29-27-33-28-30-37-32(35)26-24-22-20-18-16-14-12-10-8-6-4-2/h9-12,33H,3-8,13-30H2,1-2H3/b11-9-,12-10-. The fraction of sp³-hybridized carbons (Fsp3) is 0.812. The predicted molar refractivity (Wildman–Crippen MR) is 157 cm³/mol. The molecule has 0 aliphatic carbocycles. The number of rotatable bonds is 28. The molecule has 0 unspecified atom stereocenters. The largest absolute Gasteiger partial charge is 0.464 e. The molecule has 0 aliphatic heterocycles. The molecule has 0 spiro atoms. The van der Waals surface area contributed by atoms with Gasteiger partial charge in [0.15, 0.2) is 0 Å². The summed E-state index contributed by atoms with van der Waals surface area (Å²) in [7, 11) is 0. The van der Waals surface area contributed by atoms with Gasteiger partial charge >= 0.3 is 11.9 Å². The minimum Gasteiger partial charge on any atom is -0.464 e. The normalized spacial score (nSPS) is 11.5. The molecule has 0 bridgehead atoms. The van der Waals surface area contributed by atoms with E-state index < -0.39 is 0 Å². The Bertz CT molecular complexity index is 511. The maximum absolute atomic E-state index is 11.8. The molecule has 37 heavy (non-hydrogen) atoms. The molecular formula is C32H59NO4. The van der Waals surface area contributed by atoms with Crippen LogP contribution in [0.3, 0.4) is 0 Å². The number of esters is 2. The number of ether oxygens (including phenoxy) is 2. The second-order valence-electron chi connectivity index (χ2n) is 10.0. The van der Waals surface area contributed by atoms with E-state index in [9.17, 15) is 9.59 Å². The summed E-state index contributed by atoms with van der Waals surface area (Å²) in [5.74, 6) is -0.231. The minimum atomic E-state index is -0.115. The molecule has 0 saturated heterocycles. The summed E-state index contributed by atoms with van der Waals surface area (Å²) in [6.07, 6.45) is 31.4. The second kappa shape index (κ2) is 30.6. The third-order valence-corrected chi connectivity index (χ3v) is 6.37. The molecule has 0 amide bonds. The molecule has 0 atom stereocenters. The van der Waals surface area contributed by atoms with Gasteiger partial charge in [0, 0.05) is 25.9 Å². The lowest BCUT2D eigenvalue weighted by atomic mass is 10.1. The highest BCUT2D eigenvalue weighted by Crippen LogP contribution is 2.10. The van der Waals surface area contributed by atoms with Crippen molar-refractivity contribution >= 4 is 11.9 Å². The average molecular weight is 522 g/mol. The Morgan fingerprint density at radius 3 is 1.27 bits per heavy atom. The van der Waals surface area contributed by atoms with Crippen LogP contribution < -0.4 is 5.32 Å². The van der Waals surface area contributed by atoms with E-state index in [0.29, 0.717) is 39.1 Å². The molecule has 5 nitrogen and oxygen atoms in total. The van der Waals surface area contributed by atoms with Crippen molar-refractivity contribution in [2.24, 2.45) is 0 Å². The molecule has 0 heterocycles. The Labute approximate surface area is 229 Å². The molecule has 0 radical (unpaired) electrons. The summed E-state index contributed by atoms with van der Waals surface area (Å²) in [5.41, 5.74) is 0. The lowest BCUT2D eigenvalue weighted by molar-refractivity contribution is -0.143. The van der Waals surface area contributed by atoms with Gasteiger partial charge in [-0.3, -0.25) is 9.59 Å². The van der Waals surface area contributed by atoms with Crippen LogP contribution in [0, 0.1) is 0 Å². The Balaban J connectivity index is 3.31. The first-order valence-electron chi connectivity index (χ1n) is 15.5. The van der Waals surface area contributed by atoms with Crippen molar-refractivity contribution in [3.05, 3.63) is 24.3 Å². The monoisotopic (exact) mass is 521 g/mol. The zero-order chi connectivity index (χ0) is 27.1. The van der Waals surface area contributed by atoms with E-state index in [0.717, 1.165) is 25.7 Å². The highest BCUT2D eigenvalue weighted by atomic mass is 16.5. The van der Waals surface area contributed by atoms with Gasteiger partial charge in [-0.2, -0.15) is 0 Å². The highest BCUT2D eigenvalue weighted by Gasteiger charge is 2.04. The molecule has 5 heteroatoms. The molecule has 0 saturated carbocycles. The van der Waals surface area contributed by atoms with Crippen LogP contribution in [-0.2, 0) is 19.1 Å². The van der Waals surface area contributed by atoms with E-state index in [1.54, 1.807) is 0 Å². The van der Waals surface area contributed by atoms with Crippen molar-refractivity contribution < 1.29 is 19.1 Å². The van der Waals surface area contributed by atoms with E-state index in [1.807, 2.05) is 0 Å². The number of hydrogen-bond donors (Lipinski definition) is 1. The van der Waals surface area contributed by atoms with Crippen molar-refractivity contribution in [1.82, 2.24) is 5.32 Å². The third kappa shape index (κ3) is 30.5. The fourth-order valence-electron chi connectivity index (χ4n) is 3.98. The first kappa shape index (κ1) is 35.4. The van der Waals surface area contributed by atoms with Crippen molar-refractivity contribution in [1.29, 1.82) is 0 Å². The molecule has 0 aromatic carbocycles. The van der Waals surface area contributed by atoms with Gasteiger partial charge in [0.1, 0.15) is 13.2 Å². The van der Waals surface area contributed by atoms with Gasteiger partial charge in [0.2, 0.25) is 0 Å². The van der Waals surface area contributed by atoms with Crippen LogP contribution in [-0.4, -0.2) is 38.2 Å². The Morgan fingerprint density at radius 1 is 0.514 bits per heavy atom. The molecule has 0 aromatic rings. The molecule has 0 aromatic heterocycles. The molecule has 0 aliphatic rings. The van der Waals surface area contributed by atoms with Gasteiger partial charge in [-0.1, -0.05) is 102 Å². The van der Waals surface area contributed by atoms with Gasteiger partial charge in [0.25, 0.3) is 0 Å². The number of carbonyl (C=O) groups is 2.